The van der Waals surface area contributed by atoms with Crippen LogP contribution >= 0.6 is 0 Å². The monoisotopic (exact) mass is 338 g/mol. The van der Waals surface area contributed by atoms with Crippen molar-refractivity contribution in [3.63, 3.8) is 0 Å². The molecule has 1 atom stereocenters. The van der Waals surface area contributed by atoms with Gasteiger partial charge in [-0.2, -0.15) is 4.31 Å². The molecule has 0 radical (unpaired) electrons. The van der Waals surface area contributed by atoms with E-state index in [-0.39, 0.29) is 5.54 Å². The number of piperidine rings is 1. The van der Waals surface area contributed by atoms with Crippen molar-refractivity contribution in [1.29, 1.82) is 0 Å². The Labute approximate surface area is 139 Å². The molecule has 2 aliphatic rings. The summed E-state index contributed by atoms with van der Waals surface area (Å²) in [6.45, 7) is 5.73. The normalized spacial score (nSPS) is 25.4. The van der Waals surface area contributed by atoms with E-state index in [1.807, 2.05) is 13.0 Å². The minimum absolute atomic E-state index is 0.0120. The van der Waals surface area contributed by atoms with Crippen LogP contribution in [0.25, 0.3) is 0 Å². The number of hydrogen-bond donors (Lipinski definition) is 0. The number of sulfonamides is 1. The number of hydrogen-bond acceptors (Lipinski definition) is 4. The highest BCUT2D eigenvalue weighted by atomic mass is 32.2. The molecule has 1 aromatic rings. The quantitative estimate of drug-likeness (QED) is 0.822. The van der Waals surface area contributed by atoms with Gasteiger partial charge in [-0.3, -0.25) is 4.90 Å². The Hall–Kier alpha value is -0.950. The minimum atomic E-state index is -3.36. The van der Waals surface area contributed by atoms with Crippen molar-refractivity contribution in [2.45, 2.75) is 30.2 Å². The zero-order valence-electron chi connectivity index (χ0n) is 13.9. The van der Waals surface area contributed by atoms with Crippen LogP contribution in [0.1, 0.15) is 19.8 Å². The van der Waals surface area contributed by atoms with Crippen LogP contribution in [0, 0.1) is 5.92 Å². The summed E-state index contributed by atoms with van der Waals surface area (Å²) in [7, 11) is -1.25. The van der Waals surface area contributed by atoms with Crippen LogP contribution in [0.5, 0.6) is 0 Å². The summed E-state index contributed by atoms with van der Waals surface area (Å²) in [6.07, 6.45) is 2.15. The number of rotatable bonds is 5. The van der Waals surface area contributed by atoms with Crippen molar-refractivity contribution >= 4 is 10.0 Å². The fourth-order valence-electron chi connectivity index (χ4n) is 3.73. The molecule has 2 saturated heterocycles. The van der Waals surface area contributed by atoms with E-state index in [1.54, 1.807) is 28.6 Å². The van der Waals surface area contributed by atoms with E-state index in [0.29, 0.717) is 23.9 Å². The van der Waals surface area contributed by atoms with Gasteiger partial charge in [0.2, 0.25) is 10.0 Å². The maximum absolute atomic E-state index is 12.7. The van der Waals surface area contributed by atoms with Crippen molar-refractivity contribution < 1.29 is 13.2 Å². The standard InChI is InChI=1S/C17H26N2O3S/c1-3-22-12-15-9-10-18(2)17(11-15)13-19(14-17)23(20,21)16-7-5-4-6-8-16/h4-8,15H,3,9-14H2,1-2H3/t15-/m1/s1. The van der Waals surface area contributed by atoms with Crippen molar-refractivity contribution in [3.8, 4) is 0 Å². The molecule has 1 aromatic carbocycles. The highest BCUT2D eigenvalue weighted by Gasteiger charge is 2.53. The molecule has 6 heteroatoms. The average Bonchev–Trinajstić information content (AvgIpc) is 2.52. The zero-order chi connectivity index (χ0) is 16.5. The predicted molar refractivity (Wildman–Crippen MR) is 89.8 cm³/mol. The van der Waals surface area contributed by atoms with E-state index in [9.17, 15) is 8.42 Å². The molecule has 5 nitrogen and oxygen atoms in total. The van der Waals surface area contributed by atoms with Crippen molar-refractivity contribution in [3.05, 3.63) is 30.3 Å². The molecule has 0 aliphatic carbocycles. The van der Waals surface area contributed by atoms with Crippen LogP contribution in [-0.4, -0.2) is 63.1 Å². The van der Waals surface area contributed by atoms with E-state index < -0.39 is 10.0 Å². The summed E-state index contributed by atoms with van der Waals surface area (Å²) in [4.78, 5) is 2.73. The lowest BCUT2D eigenvalue weighted by Crippen LogP contribution is -2.72. The largest absolute Gasteiger partial charge is 0.381 e. The minimum Gasteiger partial charge on any atom is -0.381 e. The van der Waals surface area contributed by atoms with Crippen molar-refractivity contribution in [2.24, 2.45) is 5.92 Å². The lowest BCUT2D eigenvalue weighted by Gasteiger charge is -2.57. The van der Waals surface area contributed by atoms with Crippen LogP contribution in [0.2, 0.25) is 0 Å². The third-order valence-electron chi connectivity index (χ3n) is 5.23. The molecule has 2 aliphatic heterocycles. The van der Waals surface area contributed by atoms with Gasteiger partial charge in [-0.05, 0) is 51.4 Å². The number of likely N-dealkylation sites (tertiary alicyclic amines) is 1. The molecule has 0 bridgehead atoms. The predicted octanol–water partition coefficient (Wildman–Crippen LogP) is 1.81. The Bertz CT molecular complexity index is 624. The second-order valence-electron chi connectivity index (χ2n) is 6.75. The SMILES string of the molecule is CCOC[C@@H]1CCN(C)C2(C1)CN(S(=O)(=O)c1ccccc1)C2. The summed E-state index contributed by atoms with van der Waals surface area (Å²) < 4.78 is 32.6. The molecular weight excluding hydrogens is 312 g/mol. The Morgan fingerprint density at radius 3 is 2.61 bits per heavy atom. The maximum Gasteiger partial charge on any atom is 0.243 e. The second-order valence-corrected chi connectivity index (χ2v) is 8.69. The summed E-state index contributed by atoms with van der Waals surface area (Å²) in [6, 6.07) is 8.72. The van der Waals surface area contributed by atoms with Gasteiger partial charge < -0.3 is 4.74 Å². The molecule has 23 heavy (non-hydrogen) atoms. The Morgan fingerprint density at radius 2 is 1.96 bits per heavy atom. The van der Waals surface area contributed by atoms with E-state index in [1.165, 1.54) is 0 Å². The lowest BCUT2D eigenvalue weighted by molar-refractivity contribution is -0.0576. The van der Waals surface area contributed by atoms with Crippen LogP contribution in [0.15, 0.2) is 35.2 Å². The topological polar surface area (TPSA) is 49.9 Å². The van der Waals surface area contributed by atoms with Gasteiger partial charge in [-0.1, -0.05) is 18.2 Å². The Kier molecular flexibility index (Phi) is 4.78. The van der Waals surface area contributed by atoms with Gasteiger partial charge in [0.1, 0.15) is 0 Å². The van der Waals surface area contributed by atoms with E-state index >= 15 is 0 Å². The molecular formula is C17H26N2O3S. The van der Waals surface area contributed by atoms with Crippen LogP contribution < -0.4 is 0 Å². The molecule has 0 unspecified atom stereocenters. The second kappa shape index (κ2) is 6.51. The van der Waals surface area contributed by atoms with E-state index in [4.69, 9.17) is 4.74 Å². The van der Waals surface area contributed by atoms with E-state index in [0.717, 1.165) is 32.6 Å². The van der Waals surface area contributed by atoms with Gasteiger partial charge in [-0.15, -0.1) is 0 Å². The maximum atomic E-state index is 12.7. The van der Waals surface area contributed by atoms with Gasteiger partial charge in [0.15, 0.2) is 0 Å². The molecule has 2 heterocycles. The molecule has 0 N–H and O–H groups in total. The highest BCUT2D eigenvalue weighted by Crippen LogP contribution is 2.40. The molecule has 2 fully saturated rings. The number of benzene rings is 1. The van der Waals surface area contributed by atoms with Gasteiger partial charge in [-0.25, -0.2) is 8.42 Å². The first kappa shape index (κ1) is 16.9. The Balaban J connectivity index is 1.68. The molecule has 0 aromatic heterocycles. The number of likely N-dealkylation sites (N-methyl/N-ethyl adjacent to an activating group) is 1. The summed E-state index contributed by atoms with van der Waals surface area (Å²) >= 11 is 0. The third-order valence-corrected chi connectivity index (χ3v) is 7.04. The summed E-state index contributed by atoms with van der Waals surface area (Å²) in [5.41, 5.74) is -0.0120. The van der Waals surface area contributed by atoms with Gasteiger partial charge >= 0.3 is 0 Å². The van der Waals surface area contributed by atoms with Crippen LogP contribution in [-0.2, 0) is 14.8 Å². The molecule has 3 rings (SSSR count). The van der Waals surface area contributed by atoms with Gasteiger partial charge in [0.05, 0.1) is 4.90 Å². The third kappa shape index (κ3) is 3.18. The highest BCUT2D eigenvalue weighted by molar-refractivity contribution is 7.89. The fraction of sp³-hybridized carbons (Fsp3) is 0.647. The summed E-state index contributed by atoms with van der Waals surface area (Å²) in [5.74, 6) is 0.535. The zero-order valence-corrected chi connectivity index (χ0v) is 14.8. The Morgan fingerprint density at radius 1 is 1.26 bits per heavy atom. The van der Waals surface area contributed by atoms with Gasteiger partial charge in [0, 0.05) is 31.8 Å². The fourth-order valence-corrected chi connectivity index (χ4v) is 5.35. The smallest absolute Gasteiger partial charge is 0.243 e. The number of ether oxygens (including phenoxy) is 1. The molecule has 1 spiro atoms. The molecule has 128 valence electrons. The summed E-state index contributed by atoms with van der Waals surface area (Å²) in [5, 5.41) is 0. The van der Waals surface area contributed by atoms with E-state index in [2.05, 4.69) is 11.9 Å². The first-order chi connectivity index (χ1) is 11.0. The van der Waals surface area contributed by atoms with Crippen molar-refractivity contribution in [1.82, 2.24) is 9.21 Å². The van der Waals surface area contributed by atoms with Crippen LogP contribution in [0.3, 0.4) is 0 Å². The van der Waals surface area contributed by atoms with Gasteiger partial charge in [0.25, 0.3) is 0 Å². The van der Waals surface area contributed by atoms with Crippen LogP contribution in [0.4, 0.5) is 0 Å². The van der Waals surface area contributed by atoms with Crippen molar-refractivity contribution in [2.75, 3.05) is 39.9 Å². The average molecular weight is 338 g/mol. The molecule has 0 saturated carbocycles. The lowest BCUT2D eigenvalue weighted by atomic mass is 9.77. The first-order valence-corrected chi connectivity index (χ1v) is 9.76. The number of nitrogens with zero attached hydrogens (tertiary/aromatic N) is 2. The first-order valence-electron chi connectivity index (χ1n) is 8.32. The molecule has 0 amide bonds.